The summed E-state index contributed by atoms with van der Waals surface area (Å²) in [4.78, 5) is 27.1. The SMILES string of the molecule is CCN(C(=O)C(C)OC(=O)c1ccc2noc(-c3ccccc3)c2c1)C1CCS(=O)(=O)C1. The van der Waals surface area contributed by atoms with Crippen molar-refractivity contribution in [2.45, 2.75) is 32.4 Å². The highest BCUT2D eigenvalue weighted by Crippen LogP contribution is 2.29. The molecule has 1 aromatic heterocycles. The molecule has 168 valence electrons. The van der Waals surface area contributed by atoms with Crippen LogP contribution in [0.2, 0.25) is 0 Å². The first-order valence-electron chi connectivity index (χ1n) is 10.5. The molecule has 0 N–H and O–H groups in total. The maximum Gasteiger partial charge on any atom is 0.338 e. The van der Waals surface area contributed by atoms with Crippen LogP contribution in [0.25, 0.3) is 22.2 Å². The van der Waals surface area contributed by atoms with Crippen molar-refractivity contribution < 1.29 is 27.3 Å². The lowest BCUT2D eigenvalue weighted by molar-refractivity contribution is -0.141. The van der Waals surface area contributed by atoms with Gasteiger partial charge in [0, 0.05) is 18.2 Å². The Morgan fingerprint density at radius 1 is 1.22 bits per heavy atom. The summed E-state index contributed by atoms with van der Waals surface area (Å²) in [5.74, 6) is -0.501. The van der Waals surface area contributed by atoms with Gasteiger partial charge in [-0.05, 0) is 38.5 Å². The van der Waals surface area contributed by atoms with Gasteiger partial charge >= 0.3 is 5.97 Å². The van der Waals surface area contributed by atoms with Gasteiger partial charge in [-0.3, -0.25) is 4.79 Å². The van der Waals surface area contributed by atoms with Gasteiger partial charge in [0.25, 0.3) is 5.91 Å². The Bertz CT molecular complexity index is 1250. The van der Waals surface area contributed by atoms with E-state index in [2.05, 4.69) is 5.16 Å². The topological polar surface area (TPSA) is 107 Å². The van der Waals surface area contributed by atoms with E-state index in [4.69, 9.17) is 9.26 Å². The number of carbonyl (C=O) groups excluding carboxylic acids is 2. The quantitative estimate of drug-likeness (QED) is 0.525. The van der Waals surface area contributed by atoms with Crippen LogP contribution in [0.15, 0.2) is 53.1 Å². The van der Waals surface area contributed by atoms with Crippen LogP contribution in [-0.4, -0.2) is 60.5 Å². The van der Waals surface area contributed by atoms with Crippen molar-refractivity contribution in [3.63, 3.8) is 0 Å². The molecule has 1 amide bonds. The zero-order valence-corrected chi connectivity index (χ0v) is 18.7. The predicted octanol–water partition coefficient (Wildman–Crippen LogP) is 3.08. The predicted molar refractivity (Wildman–Crippen MR) is 119 cm³/mol. The first kappa shape index (κ1) is 22.0. The minimum absolute atomic E-state index is 0.0559. The second-order valence-corrected chi connectivity index (χ2v) is 10.1. The number of sulfone groups is 1. The fourth-order valence-electron chi connectivity index (χ4n) is 3.99. The van der Waals surface area contributed by atoms with Crippen LogP contribution in [-0.2, 0) is 19.4 Å². The van der Waals surface area contributed by atoms with Crippen LogP contribution in [0, 0.1) is 0 Å². The summed E-state index contributed by atoms with van der Waals surface area (Å²) >= 11 is 0. The first-order valence-corrected chi connectivity index (χ1v) is 12.3. The minimum Gasteiger partial charge on any atom is -0.449 e. The molecule has 0 aliphatic carbocycles. The molecule has 4 rings (SSSR count). The Kier molecular flexibility index (Phi) is 6.01. The highest BCUT2D eigenvalue weighted by molar-refractivity contribution is 7.91. The number of fused-ring (bicyclic) bond motifs is 1. The highest BCUT2D eigenvalue weighted by atomic mass is 32.2. The van der Waals surface area contributed by atoms with Gasteiger partial charge in [-0.15, -0.1) is 0 Å². The van der Waals surface area contributed by atoms with Gasteiger partial charge in [0.15, 0.2) is 21.7 Å². The maximum absolute atomic E-state index is 12.9. The van der Waals surface area contributed by atoms with Crippen LogP contribution < -0.4 is 0 Å². The molecular formula is C23H24N2O6S. The summed E-state index contributed by atoms with van der Waals surface area (Å²) in [7, 11) is -3.13. The van der Waals surface area contributed by atoms with Crippen molar-refractivity contribution in [1.82, 2.24) is 10.1 Å². The monoisotopic (exact) mass is 456 g/mol. The number of rotatable bonds is 6. The normalized spacial score (nSPS) is 18.4. The third-order valence-electron chi connectivity index (χ3n) is 5.65. The van der Waals surface area contributed by atoms with Crippen LogP contribution >= 0.6 is 0 Å². The number of hydrogen-bond acceptors (Lipinski definition) is 7. The lowest BCUT2D eigenvalue weighted by atomic mass is 10.1. The fraction of sp³-hybridized carbons (Fsp3) is 0.348. The molecule has 1 saturated heterocycles. The number of aromatic nitrogens is 1. The van der Waals surface area contributed by atoms with Crippen LogP contribution in [0.5, 0.6) is 0 Å². The number of ether oxygens (including phenoxy) is 1. The minimum atomic E-state index is -3.13. The molecule has 1 fully saturated rings. The Balaban J connectivity index is 1.51. The van der Waals surface area contributed by atoms with E-state index in [-0.39, 0.29) is 23.1 Å². The molecule has 0 bridgehead atoms. The van der Waals surface area contributed by atoms with E-state index in [1.807, 2.05) is 30.3 Å². The zero-order chi connectivity index (χ0) is 22.9. The molecule has 0 spiro atoms. The zero-order valence-electron chi connectivity index (χ0n) is 17.9. The number of nitrogens with zero attached hydrogens (tertiary/aromatic N) is 2. The first-order chi connectivity index (χ1) is 15.3. The van der Waals surface area contributed by atoms with Gasteiger partial charge in [0.1, 0.15) is 5.52 Å². The van der Waals surface area contributed by atoms with Gasteiger partial charge in [-0.25, -0.2) is 13.2 Å². The summed E-state index contributed by atoms with van der Waals surface area (Å²) in [5, 5.41) is 4.70. The van der Waals surface area contributed by atoms with Crippen LogP contribution in [0.1, 0.15) is 30.6 Å². The number of hydrogen-bond donors (Lipinski definition) is 0. The summed E-state index contributed by atoms with van der Waals surface area (Å²) in [6, 6.07) is 13.9. The standard InChI is InChI=1S/C23H24N2O6S/c1-3-25(18-11-12-32(28,29)14-18)22(26)15(2)30-23(27)17-9-10-20-19(13-17)21(31-24-20)16-7-5-4-6-8-16/h4-10,13,15,18H,3,11-12,14H2,1-2H3. The Hall–Kier alpha value is -3.20. The Labute approximate surface area is 186 Å². The Morgan fingerprint density at radius 2 is 1.97 bits per heavy atom. The molecule has 2 unspecified atom stereocenters. The second-order valence-electron chi connectivity index (χ2n) is 7.84. The van der Waals surface area contributed by atoms with Gasteiger partial charge in [-0.2, -0.15) is 0 Å². The third kappa shape index (κ3) is 4.38. The molecule has 9 heteroatoms. The molecule has 2 aromatic carbocycles. The van der Waals surface area contributed by atoms with Crippen molar-refractivity contribution in [2.75, 3.05) is 18.1 Å². The maximum atomic E-state index is 12.9. The molecule has 2 heterocycles. The van der Waals surface area contributed by atoms with Crippen LogP contribution in [0.3, 0.4) is 0 Å². The van der Waals surface area contributed by atoms with Crippen molar-refractivity contribution >= 4 is 32.6 Å². The molecular weight excluding hydrogens is 432 g/mol. The van der Waals surface area contributed by atoms with E-state index < -0.39 is 27.8 Å². The Morgan fingerprint density at radius 3 is 2.62 bits per heavy atom. The molecule has 0 saturated carbocycles. The molecule has 0 radical (unpaired) electrons. The van der Waals surface area contributed by atoms with Gasteiger partial charge in [0.05, 0.1) is 22.5 Å². The van der Waals surface area contributed by atoms with E-state index in [0.717, 1.165) is 5.56 Å². The van der Waals surface area contributed by atoms with E-state index in [1.165, 1.54) is 11.8 Å². The highest BCUT2D eigenvalue weighted by Gasteiger charge is 2.36. The van der Waals surface area contributed by atoms with Crippen molar-refractivity contribution in [3.8, 4) is 11.3 Å². The van der Waals surface area contributed by atoms with Gasteiger partial charge in [0.2, 0.25) is 0 Å². The van der Waals surface area contributed by atoms with Crippen molar-refractivity contribution in [2.24, 2.45) is 0 Å². The lowest BCUT2D eigenvalue weighted by Crippen LogP contribution is -2.46. The van der Waals surface area contributed by atoms with E-state index in [9.17, 15) is 18.0 Å². The molecule has 32 heavy (non-hydrogen) atoms. The molecule has 1 aliphatic heterocycles. The molecule has 1 aliphatic rings. The summed E-state index contributed by atoms with van der Waals surface area (Å²) in [5.41, 5.74) is 1.70. The van der Waals surface area contributed by atoms with E-state index >= 15 is 0 Å². The summed E-state index contributed by atoms with van der Waals surface area (Å²) in [6.07, 6.45) is -0.646. The van der Waals surface area contributed by atoms with Gasteiger partial charge < -0.3 is 14.2 Å². The summed E-state index contributed by atoms with van der Waals surface area (Å²) < 4.78 is 34.5. The molecule has 8 nitrogen and oxygen atoms in total. The van der Waals surface area contributed by atoms with Gasteiger partial charge in [-0.1, -0.05) is 35.5 Å². The largest absolute Gasteiger partial charge is 0.449 e. The smallest absolute Gasteiger partial charge is 0.338 e. The van der Waals surface area contributed by atoms with Crippen molar-refractivity contribution in [3.05, 3.63) is 54.1 Å². The van der Waals surface area contributed by atoms with E-state index in [1.54, 1.807) is 25.1 Å². The number of carbonyl (C=O) groups is 2. The molecule has 2 atom stereocenters. The van der Waals surface area contributed by atoms with Crippen LogP contribution in [0.4, 0.5) is 0 Å². The number of esters is 1. The molecule has 3 aromatic rings. The van der Waals surface area contributed by atoms with Crippen molar-refractivity contribution in [1.29, 1.82) is 0 Å². The average Bonchev–Trinajstić information content (AvgIpc) is 3.37. The second kappa shape index (κ2) is 8.74. The fourth-order valence-corrected chi connectivity index (χ4v) is 5.72. The third-order valence-corrected chi connectivity index (χ3v) is 7.40. The number of amides is 1. The number of benzene rings is 2. The lowest BCUT2D eigenvalue weighted by Gasteiger charge is -2.29. The van der Waals surface area contributed by atoms with E-state index in [0.29, 0.717) is 29.6 Å². The number of likely N-dealkylation sites (N-methyl/N-ethyl adjacent to an activating group) is 1. The average molecular weight is 457 g/mol. The summed E-state index contributed by atoms with van der Waals surface area (Å²) in [6.45, 7) is 3.62.